The van der Waals surface area contributed by atoms with Gasteiger partial charge in [0.1, 0.15) is 0 Å². The first-order valence-electron chi connectivity index (χ1n) is 12.6. The summed E-state index contributed by atoms with van der Waals surface area (Å²) in [7, 11) is -1.38. The van der Waals surface area contributed by atoms with E-state index in [1.54, 1.807) is 47.4 Å². The van der Waals surface area contributed by atoms with Crippen molar-refractivity contribution >= 4 is 60.1 Å². The number of imide groups is 1. The molecule has 4 aromatic rings. The number of amides is 3. The number of thiazole rings is 1. The van der Waals surface area contributed by atoms with Gasteiger partial charge in [0.15, 0.2) is 15.0 Å². The van der Waals surface area contributed by atoms with Gasteiger partial charge in [0, 0.05) is 38.6 Å². The molecule has 0 saturated carbocycles. The molecule has 1 aliphatic heterocycles. The number of nitrogens with one attached hydrogen (secondary N) is 2. The largest absolute Gasteiger partial charge is 0.327 e. The van der Waals surface area contributed by atoms with Gasteiger partial charge in [0.05, 0.1) is 37.1 Å². The van der Waals surface area contributed by atoms with Gasteiger partial charge in [-0.15, -0.1) is 0 Å². The van der Waals surface area contributed by atoms with Gasteiger partial charge >= 0.3 is 6.03 Å². The summed E-state index contributed by atoms with van der Waals surface area (Å²) >= 11 is 7.31. The number of hydrogen-bond acceptors (Lipinski definition) is 9. The lowest BCUT2D eigenvalue weighted by Crippen LogP contribution is -2.44. The number of carbonyl (C=O) groups excluding carboxylic acids is 2. The number of halogens is 1. The number of aromatic nitrogens is 3. The van der Waals surface area contributed by atoms with Crippen molar-refractivity contribution in [3.8, 4) is 5.69 Å². The first-order valence-corrected chi connectivity index (χ1v) is 15.5. The minimum Gasteiger partial charge on any atom is -0.304 e. The molecule has 3 heterocycles. The number of benzene rings is 2. The molecular formula is C26H28ClN7O4S2. The van der Waals surface area contributed by atoms with Gasteiger partial charge in [0.25, 0.3) is 5.91 Å². The first-order chi connectivity index (χ1) is 19.2. The van der Waals surface area contributed by atoms with Crippen LogP contribution in [0.15, 0.2) is 59.8 Å². The number of anilines is 1. The highest BCUT2D eigenvalue weighted by atomic mass is 35.5. The van der Waals surface area contributed by atoms with E-state index in [1.165, 1.54) is 12.1 Å². The third-order valence-corrected chi connectivity index (χ3v) is 9.67. The Morgan fingerprint density at radius 3 is 2.65 bits per heavy atom. The maximum Gasteiger partial charge on any atom is 0.327 e. The number of carbonyl (C=O) groups is 2. The van der Waals surface area contributed by atoms with E-state index in [2.05, 4.69) is 37.6 Å². The zero-order valence-electron chi connectivity index (χ0n) is 21.7. The molecule has 0 spiro atoms. The summed E-state index contributed by atoms with van der Waals surface area (Å²) in [6.07, 6.45) is 3.88. The molecule has 11 nitrogen and oxygen atoms in total. The molecule has 0 radical (unpaired) electrons. The van der Waals surface area contributed by atoms with Gasteiger partial charge in [-0.25, -0.2) is 22.9 Å². The first kappa shape index (κ1) is 28.2. The van der Waals surface area contributed by atoms with Crippen LogP contribution >= 0.6 is 22.9 Å². The van der Waals surface area contributed by atoms with E-state index in [4.69, 9.17) is 11.6 Å². The number of sulfone groups is 1. The molecule has 1 saturated heterocycles. The maximum absolute atomic E-state index is 13.0. The molecule has 5 rings (SSSR count). The number of likely N-dealkylation sites (N-methyl/N-ethyl adjacent to an activating group) is 1. The van der Waals surface area contributed by atoms with Gasteiger partial charge in [0.2, 0.25) is 0 Å². The summed E-state index contributed by atoms with van der Waals surface area (Å²) in [6, 6.07) is 10.5. The average Bonchev–Trinajstić information content (AvgIpc) is 3.59. The summed E-state index contributed by atoms with van der Waals surface area (Å²) in [4.78, 5) is 34.4. The van der Waals surface area contributed by atoms with Crippen molar-refractivity contribution < 1.29 is 18.0 Å². The van der Waals surface area contributed by atoms with Crippen molar-refractivity contribution in [1.82, 2.24) is 29.9 Å². The van der Waals surface area contributed by atoms with Crippen molar-refractivity contribution in [2.24, 2.45) is 0 Å². The second-order valence-corrected chi connectivity index (χ2v) is 13.0. The molecule has 0 bridgehead atoms. The molecule has 0 aliphatic carbocycles. The standard InChI is InChI=1S/C26H28ClN7O4S2/c1-32-11-13-33(14-12-32)9-3-15-40(37,38)19-5-7-22-23(17-19)39-26(29-22)31-25(36)30-24(35)20-16-18(4-6-21(20)27)34-10-2-8-28-34/h2,4-8,10,16-17H,3,9,11-15H2,1H3,(H2,29,30,31,35,36). The van der Waals surface area contributed by atoms with Crippen LogP contribution < -0.4 is 10.6 Å². The summed E-state index contributed by atoms with van der Waals surface area (Å²) in [6.45, 7) is 4.62. The summed E-state index contributed by atoms with van der Waals surface area (Å²) in [5, 5.41) is 9.32. The minimum absolute atomic E-state index is 0.0590. The van der Waals surface area contributed by atoms with E-state index < -0.39 is 21.8 Å². The monoisotopic (exact) mass is 601 g/mol. The van der Waals surface area contributed by atoms with Crippen LogP contribution in [0.4, 0.5) is 9.93 Å². The Kier molecular flexibility index (Phi) is 8.47. The highest BCUT2D eigenvalue weighted by Crippen LogP contribution is 2.29. The van der Waals surface area contributed by atoms with Crippen LogP contribution in [0.1, 0.15) is 16.8 Å². The Labute approximate surface area is 240 Å². The molecule has 2 aromatic carbocycles. The second-order valence-electron chi connectivity index (χ2n) is 9.49. The van der Waals surface area contributed by atoms with Crippen LogP contribution in [-0.2, 0) is 9.84 Å². The van der Waals surface area contributed by atoms with Gasteiger partial charge in [-0.2, -0.15) is 5.10 Å². The average molecular weight is 602 g/mol. The second kappa shape index (κ2) is 12.0. The van der Waals surface area contributed by atoms with E-state index in [1.807, 2.05) is 0 Å². The molecule has 210 valence electrons. The van der Waals surface area contributed by atoms with Crippen LogP contribution in [0.3, 0.4) is 0 Å². The van der Waals surface area contributed by atoms with E-state index in [9.17, 15) is 18.0 Å². The SMILES string of the molecule is CN1CCN(CCCS(=O)(=O)c2ccc3nc(NC(=O)NC(=O)c4cc(-n5cccn5)ccc4Cl)sc3c2)CC1. The van der Waals surface area contributed by atoms with Crippen molar-refractivity contribution in [3.05, 3.63) is 65.4 Å². The van der Waals surface area contributed by atoms with Crippen LogP contribution in [0.25, 0.3) is 15.9 Å². The minimum atomic E-state index is -3.47. The normalized spacial score (nSPS) is 14.8. The number of nitrogens with zero attached hydrogens (tertiary/aromatic N) is 5. The Morgan fingerprint density at radius 2 is 1.90 bits per heavy atom. The Morgan fingerprint density at radius 1 is 1.10 bits per heavy atom. The van der Waals surface area contributed by atoms with Crippen molar-refractivity contribution in [3.63, 3.8) is 0 Å². The van der Waals surface area contributed by atoms with E-state index in [-0.39, 0.29) is 26.4 Å². The highest BCUT2D eigenvalue weighted by molar-refractivity contribution is 7.91. The molecule has 2 N–H and O–H groups in total. The molecule has 40 heavy (non-hydrogen) atoms. The lowest BCUT2D eigenvalue weighted by atomic mass is 10.2. The molecule has 14 heteroatoms. The predicted octanol–water partition coefficient (Wildman–Crippen LogP) is 3.51. The number of piperazine rings is 1. The third kappa shape index (κ3) is 6.67. The smallest absolute Gasteiger partial charge is 0.304 e. The molecule has 0 unspecified atom stereocenters. The van der Waals surface area contributed by atoms with Gasteiger partial charge in [-0.3, -0.25) is 15.4 Å². The number of fused-ring (bicyclic) bond motifs is 1. The fraction of sp³-hybridized carbons (Fsp3) is 0.308. The van der Waals surface area contributed by atoms with Crippen LogP contribution in [-0.4, -0.2) is 90.4 Å². The summed E-state index contributed by atoms with van der Waals surface area (Å²) in [5.74, 6) is -0.633. The van der Waals surface area contributed by atoms with E-state index in [0.717, 1.165) is 44.1 Å². The Hall–Kier alpha value is -3.36. The topological polar surface area (TPSA) is 130 Å². The van der Waals surface area contributed by atoms with Crippen LogP contribution in [0.2, 0.25) is 5.02 Å². The highest BCUT2D eigenvalue weighted by Gasteiger charge is 2.20. The quantitative estimate of drug-likeness (QED) is 0.314. The predicted molar refractivity (Wildman–Crippen MR) is 155 cm³/mol. The Bertz CT molecular complexity index is 1630. The van der Waals surface area contributed by atoms with Gasteiger partial charge in [-0.05, 0) is 62.5 Å². The third-order valence-electron chi connectivity index (χ3n) is 6.61. The molecular weight excluding hydrogens is 574 g/mol. The van der Waals surface area contributed by atoms with Crippen LogP contribution in [0, 0.1) is 0 Å². The lowest BCUT2D eigenvalue weighted by molar-refractivity contribution is 0.0967. The number of rotatable bonds is 8. The molecule has 1 fully saturated rings. The molecule has 1 aliphatic rings. The lowest BCUT2D eigenvalue weighted by Gasteiger charge is -2.32. The van der Waals surface area contributed by atoms with Crippen LogP contribution in [0.5, 0.6) is 0 Å². The number of urea groups is 1. The van der Waals surface area contributed by atoms with E-state index in [0.29, 0.717) is 22.3 Å². The zero-order chi connectivity index (χ0) is 28.3. The van der Waals surface area contributed by atoms with Crippen molar-refractivity contribution in [1.29, 1.82) is 0 Å². The van der Waals surface area contributed by atoms with E-state index >= 15 is 0 Å². The number of hydrogen-bond donors (Lipinski definition) is 2. The zero-order valence-corrected chi connectivity index (χ0v) is 24.1. The molecule has 3 amide bonds. The molecule has 0 atom stereocenters. The Balaban J connectivity index is 1.20. The molecule has 2 aromatic heterocycles. The maximum atomic E-state index is 13.0. The summed E-state index contributed by atoms with van der Waals surface area (Å²) < 4.78 is 28.1. The fourth-order valence-corrected chi connectivity index (χ4v) is 6.87. The van der Waals surface area contributed by atoms with Gasteiger partial charge < -0.3 is 9.80 Å². The van der Waals surface area contributed by atoms with Crippen molar-refractivity contribution in [2.45, 2.75) is 11.3 Å². The van der Waals surface area contributed by atoms with Gasteiger partial charge in [-0.1, -0.05) is 22.9 Å². The fourth-order valence-electron chi connectivity index (χ4n) is 4.37. The van der Waals surface area contributed by atoms with Crippen molar-refractivity contribution in [2.75, 3.05) is 50.8 Å². The summed E-state index contributed by atoms with van der Waals surface area (Å²) in [5.41, 5.74) is 1.26.